The fourth-order valence-corrected chi connectivity index (χ4v) is 1.40. The summed E-state index contributed by atoms with van der Waals surface area (Å²) in [6.45, 7) is 0.158. The third kappa shape index (κ3) is 3.25. The van der Waals surface area contributed by atoms with Crippen LogP contribution in [0, 0.1) is 0 Å². The first-order valence-electron chi connectivity index (χ1n) is 4.94. The fraction of sp³-hybridized carbons (Fsp3) is 0.200. The Balaban J connectivity index is 3.02. The normalized spacial score (nSPS) is 14.7. The van der Waals surface area contributed by atoms with E-state index in [0.29, 0.717) is 5.56 Å². The van der Waals surface area contributed by atoms with Crippen molar-refractivity contribution in [3.05, 3.63) is 35.9 Å². The SMILES string of the molecule is [NH3+]OCC([NH3+])C(=NO)C(=NO)c1ccccc1. The summed E-state index contributed by atoms with van der Waals surface area (Å²) in [6, 6.07) is 8.38. The maximum absolute atomic E-state index is 9.01. The first-order chi connectivity index (χ1) is 8.24. The molecule has 7 nitrogen and oxygen atoms in total. The highest BCUT2D eigenvalue weighted by Gasteiger charge is 2.24. The summed E-state index contributed by atoms with van der Waals surface area (Å²) in [7, 11) is 0. The van der Waals surface area contributed by atoms with Gasteiger partial charge in [0.15, 0.2) is 18.4 Å². The highest BCUT2D eigenvalue weighted by Crippen LogP contribution is 2.04. The molecule has 1 unspecified atom stereocenters. The van der Waals surface area contributed by atoms with E-state index in [1.54, 1.807) is 24.3 Å². The number of benzene rings is 1. The highest BCUT2D eigenvalue weighted by molar-refractivity contribution is 6.49. The first kappa shape index (κ1) is 13.1. The number of oxime groups is 2. The molecule has 0 aliphatic heterocycles. The van der Waals surface area contributed by atoms with Gasteiger partial charge in [0.1, 0.15) is 5.71 Å². The van der Waals surface area contributed by atoms with Gasteiger partial charge >= 0.3 is 0 Å². The molecule has 0 fully saturated rings. The maximum Gasteiger partial charge on any atom is 0.169 e. The van der Waals surface area contributed by atoms with E-state index in [1.807, 2.05) is 6.07 Å². The van der Waals surface area contributed by atoms with Gasteiger partial charge in [-0.2, -0.15) is 0 Å². The lowest BCUT2D eigenvalue weighted by molar-refractivity contribution is -0.696. The smallest absolute Gasteiger partial charge is 0.169 e. The highest BCUT2D eigenvalue weighted by atomic mass is 16.6. The van der Waals surface area contributed by atoms with Gasteiger partial charge in [0.2, 0.25) is 0 Å². The molecule has 0 aliphatic rings. The van der Waals surface area contributed by atoms with Crippen molar-refractivity contribution in [1.29, 1.82) is 0 Å². The Labute approximate surface area is 97.9 Å². The summed E-state index contributed by atoms with van der Waals surface area (Å²) in [5, 5.41) is 24.2. The minimum absolute atomic E-state index is 0.141. The lowest BCUT2D eigenvalue weighted by atomic mass is 10.0. The molecule has 0 spiro atoms. The molecule has 1 atom stereocenters. The molecule has 7 heteroatoms. The summed E-state index contributed by atoms with van der Waals surface area (Å²) in [5.41, 5.74) is 4.67. The van der Waals surface area contributed by atoms with Gasteiger partial charge in [-0.15, -0.1) is 0 Å². The van der Waals surface area contributed by atoms with Crippen LogP contribution >= 0.6 is 0 Å². The lowest BCUT2D eigenvalue weighted by Crippen LogP contribution is -2.70. The van der Waals surface area contributed by atoms with Crippen LogP contribution in [0.3, 0.4) is 0 Å². The average Bonchev–Trinajstić information content (AvgIpc) is 2.37. The third-order valence-electron chi connectivity index (χ3n) is 2.20. The quantitative estimate of drug-likeness (QED) is 0.283. The van der Waals surface area contributed by atoms with Gasteiger partial charge in [0, 0.05) is 5.56 Å². The van der Waals surface area contributed by atoms with Crippen LogP contribution in [0.4, 0.5) is 0 Å². The predicted molar refractivity (Wildman–Crippen MR) is 59.5 cm³/mol. The minimum Gasteiger partial charge on any atom is -0.410 e. The Bertz CT molecular complexity index is 405. The number of hydrogen-bond donors (Lipinski definition) is 4. The summed E-state index contributed by atoms with van der Waals surface area (Å²) >= 11 is 0. The molecule has 0 aliphatic carbocycles. The van der Waals surface area contributed by atoms with Crippen molar-refractivity contribution in [2.45, 2.75) is 6.04 Å². The van der Waals surface area contributed by atoms with E-state index in [1.165, 1.54) is 0 Å². The molecule has 0 bridgehead atoms. The molecule has 0 saturated heterocycles. The molecule has 0 heterocycles. The Kier molecular flexibility index (Phi) is 5.08. The summed E-state index contributed by atoms with van der Waals surface area (Å²) < 4.78 is 0. The zero-order valence-electron chi connectivity index (χ0n) is 9.28. The summed E-state index contributed by atoms with van der Waals surface area (Å²) in [5.74, 6) is 3.22. The molecule has 1 aromatic carbocycles. The topological polar surface area (TPSA) is 130 Å². The van der Waals surface area contributed by atoms with E-state index >= 15 is 0 Å². The van der Waals surface area contributed by atoms with Crippen molar-refractivity contribution in [3.63, 3.8) is 0 Å². The molecule has 17 heavy (non-hydrogen) atoms. The zero-order valence-corrected chi connectivity index (χ0v) is 9.28. The molecule has 0 amide bonds. The number of quaternary nitrogens is 2. The van der Waals surface area contributed by atoms with Crippen LogP contribution in [0.25, 0.3) is 0 Å². The van der Waals surface area contributed by atoms with Crippen molar-refractivity contribution in [2.24, 2.45) is 10.3 Å². The first-order valence-corrected chi connectivity index (χ1v) is 4.94. The van der Waals surface area contributed by atoms with Crippen molar-refractivity contribution >= 4 is 11.4 Å². The fourth-order valence-electron chi connectivity index (χ4n) is 1.40. The summed E-state index contributed by atoms with van der Waals surface area (Å²) in [4.78, 5) is 4.68. The van der Waals surface area contributed by atoms with Gasteiger partial charge in [0.05, 0.1) is 0 Å². The molecular weight excluding hydrogens is 224 g/mol. The minimum atomic E-state index is -0.483. The van der Waals surface area contributed by atoms with E-state index in [2.05, 4.69) is 26.8 Å². The standard InChI is InChI=1S/C10H14N4O3/c11-8(6-17-12)10(14-16)9(13-15)7-4-2-1-3-5-7/h1-5,8H,6,11H2,12H3,(H-,15,16)/p+2. The molecule has 1 rings (SSSR count). The predicted octanol–water partition coefficient (Wildman–Crippen LogP) is -1.52. The maximum atomic E-state index is 9.01. The van der Waals surface area contributed by atoms with Crippen molar-refractivity contribution in [1.82, 2.24) is 0 Å². The lowest BCUT2D eigenvalue weighted by Gasteiger charge is -2.09. The van der Waals surface area contributed by atoms with Gasteiger partial charge in [-0.05, 0) is 0 Å². The Morgan fingerprint density at radius 1 is 1.24 bits per heavy atom. The number of nitrogens with zero attached hydrogens (tertiary/aromatic N) is 2. The zero-order chi connectivity index (χ0) is 12.7. The van der Waals surface area contributed by atoms with Crippen LogP contribution in [0.5, 0.6) is 0 Å². The van der Waals surface area contributed by atoms with Crippen LogP contribution in [0.15, 0.2) is 40.6 Å². The van der Waals surface area contributed by atoms with Crippen LogP contribution in [-0.2, 0) is 4.84 Å². The average molecular weight is 240 g/mol. The Hall–Kier alpha value is -1.96. The van der Waals surface area contributed by atoms with Gasteiger partial charge in [-0.25, -0.2) is 10.7 Å². The Morgan fingerprint density at radius 3 is 2.35 bits per heavy atom. The summed E-state index contributed by atoms with van der Waals surface area (Å²) in [6.07, 6.45) is 0. The van der Waals surface area contributed by atoms with Crippen molar-refractivity contribution in [3.8, 4) is 0 Å². The van der Waals surface area contributed by atoms with Gasteiger partial charge in [0.25, 0.3) is 0 Å². The van der Waals surface area contributed by atoms with E-state index < -0.39 is 6.04 Å². The monoisotopic (exact) mass is 240 g/mol. The van der Waals surface area contributed by atoms with E-state index in [-0.39, 0.29) is 18.0 Å². The van der Waals surface area contributed by atoms with E-state index in [4.69, 9.17) is 10.4 Å². The van der Waals surface area contributed by atoms with Gasteiger partial charge < -0.3 is 16.1 Å². The van der Waals surface area contributed by atoms with E-state index in [0.717, 1.165) is 0 Å². The molecule has 1 aromatic rings. The third-order valence-corrected chi connectivity index (χ3v) is 2.20. The van der Waals surface area contributed by atoms with Gasteiger partial charge in [-0.3, -0.25) is 0 Å². The number of rotatable bonds is 5. The van der Waals surface area contributed by atoms with Crippen LogP contribution in [-0.4, -0.2) is 34.5 Å². The van der Waals surface area contributed by atoms with Crippen molar-refractivity contribution in [2.75, 3.05) is 6.61 Å². The molecule has 0 aromatic heterocycles. The molecule has 8 N–H and O–H groups in total. The van der Waals surface area contributed by atoms with E-state index in [9.17, 15) is 0 Å². The molecule has 0 radical (unpaired) electrons. The Morgan fingerprint density at radius 2 is 1.88 bits per heavy atom. The van der Waals surface area contributed by atoms with Crippen LogP contribution in [0.1, 0.15) is 5.56 Å². The molecule has 92 valence electrons. The second-order valence-electron chi connectivity index (χ2n) is 3.37. The van der Waals surface area contributed by atoms with Crippen LogP contribution < -0.4 is 11.6 Å². The molecule has 0 saturated carbocycles. The van der Waals surface area contributed by atoms with Gasteiger partial charge in [-0.1, -0.05) is 40.6 Å². The molecular formula is C10H16N4O3+2. The van der Waals surface area contributed by atoms with Crippen molar-refractivity contribution < 1.29 is 26.9 Å². The number of hydrogen-bond acceptors (Lipinski definition) is 5. The largest absolute Gasteiger partial charge is 0.410 e. The van der Waals surface area contributed by atoms with Crippen LogP contribution in [0.2, 0.25) is 0 Å². The second kappa shape index (κ2) is 6.59. The second-order valence-corrected chi connectivity index (χ2v) is 3.37.